The lowest BCUT2D eigenvalue weighted by Gasteiger charge is -2.22. The van der Waals surface area contributed by atoms with Crippen LogP contribution >= 0.6 is 0 Å². The molecule has 0 amide bonds. The quantitative estimate of drug-likeness (QED) is 0.603. The summed E-state index contributed by atoms with van der Waals surface area (Å²) in [7, 11) is 0. The number of hydrogen-bond donors (Lipinski definition) is 2. The number of carbonyl (C=O) groups excluding carboxylic acids is 1. The first kappa shape index (κ1) is 18.6. The van der Waals surface area contributed by atoms with Gasteiger partial charge in [-0.25, -0.2) is 8.72 Å². The molecule has 2 N–H and O–H groups in total. The zero-order valence-electron chi connectivity index (χ0n) is 14.6. The van der Waals surface area contributed by atoms with Crippen molar-refractivity contribution in [2.75, 3.05) is 12.4 Å². The molecule has 1 unspecified atom stereocenters. The molecule has 0 spiro atoms. The number of fused-ring (bicyclic) bond motifs is 1. The largest absolute Gasteiger partial charge is 0.465 e. The van der Waals surface area contributed by atoms with Crippen LogP contribution in [0.15, 0.2) is 6.07 Å². The van der Waals surface area contributed by atoms with Crippen molar-refractivity contribution >= 4 is 22.7 Å². The Morgan fingerprint density at radius 1 is 1.33 bits per heavy atom. The fourth-order valence-electron chi connectivity index (χ4n) is 2.17. The maximum absolute atomic E-state index is 11.6. The van der Waals surface area contributed by atoms with Crippen LogP contribution in [0.4, 0.5) is 0 Å². The third-order valence-corrected chi connectivity index (χ3v) is 4.24. The molecule has 0 aliphatic heterocycles. The summed E-state index contributed by atoms with van der Waals surface area (Å²) in [6, 6.07) is 1.95. The molecule has 0 aliphatic rings. The standard InChI is InChI=1S/C15H24N4O4S/c1-14(2,3)10-8-11-16-17-13(19(11)18-10)15(4,5)9-23-12(20)6-7-24(21)22/h8,18H,6-7,9H2,1-5H3,(H,21,22). The van der Waals surface area contributed by atoms with Crippen LogP contribution in [0, 0.1) is 0 Å². The molecule has 0 bridgehead atoms. The summed E-state index contributed by atoms with van der Waals surface area (Å²) in [6.45, 7) is 10.2. The van der Waals surface area contributed by atoms with E-state index in [1.54, 1.807) is 4.52 Å². The molecule has 134 valence electrons. The van der Waals surface area contributed by atoms with E-state index in [1.165, 1.54) is 0 Å². The van der Waals surface area contributed by atoms with Gasteiger partial charge in [-0.05, 0) is 13.8 Å². The summed E-state index contributed by atoms with van der Waals surface area (Å²) < 4.78 is 26.3. The van der Waals surface area contributed by atoms with E-state index in [1.807, 2.05) is 19.9 Å². The van der Waals surface area contributed by atoms with Gasteiger partial charge in [0.25, 0.3) is 0 Å². The second kappa shape index (κ2) is 6.64. The van der Waals surface area contributed by atoms with Crippen LogP contribution in [-0.2, 0) is 31.4 Å². The smallest absolute Gasteiger partial charge is 0.306 e. The highest BCUT2D eigenvalue weighted by atomic mass is 32.2. The van der Waals surface area contributed by atoms with Crippen molar-refractivity contribution in [2.24, 2.45) is 0 Å². The van der Waals surface area contributed by atoms with Crippen LogP contribution in [0.25, 0.3) is 5.65 Å². The monoisotopic (exact) mass is 356 g/mol. The molecule has 0 aliphatic carbocycles. The van der Waals surface area contributed by atoms with Gasteiger partial charge in [-0.3, -0.25) is 9.89 Å². The van der Waals surface area contributed by atoms with Gasteiger partial charge in [0.1, 0.15) is 6.61 Å². The Morgan fingerprint density at radius 3 is 2.58 bits per heavy atom. The van der Waals surface area contributed by atoms with Gasteiger partial charge >= 0.3 is 5.97 Å². The zero-order valence-corrected chi connectivity index (χ0v) is 15.4. The molecule has 2 rings (SSSR count). The van der Waals surface area contributed by atoms with Gasteiger partial charge in [-0.1, -0.05) is 20.8 Å². The molecule has 24 heavy (non-hydrogen) atoms. The van der Waals surface area contributed by atoms with Crippen LogP contribution in [0.3, 0.4) is 0 Å². The third-order valence-electron chi connectivity index (χ3n) is 3.68. The van der Waals surface area contributed by atoms with E-state index in [0.29, 0.717) is 11.5 Å². The molecular formula is C15H24N4O4S. The van der Waals surface area contributed by atoms with Crippen molar-refractivity contribution in [3.63, 3.8) is 0 Å². The molecule has 0 fully saturated rings. The van der Waals surface area contributed by atoms with Gasteiger partial charge in [-0.15, -0.1) is 10.2 Å². The van der Waals surface area contributed by atoms with E-state index in [-0.39, 0.29) is 24.2 Å². The highest BCUT2D eigenvalue weighted by Crippen LogP contribution is 2.26. The van der Waals surface area contributed by atoms with Gasteiger partial charge in [0.05, 0.1) is 17.6 Å². The first-order chi connectivity index (χ1) is 11.0. The minimum Gasteiger partial charge on any atom is -0.465 e. The van der Waals surface area contributed by atoms with Gasteiger partial charge in [0.15, 0.2) is 22.6 Å². The number of esters is 1. The first-order valence-electron chi connectivity index (χ1n) is 7.69. The van der Waals surface area contributed by atoms with Crippen molar-refractivity contribution in [3.05, 3.63) is 17.6 Å². The summed E-state index contributed by atoms with van der Waals surface area (Å²) in [5.41, 5.74) is 1.14. The molecule has 2 aromatic rings. The van der Waals surface area contributed by atoms with Gasteiger partial charge < -0.3 is 9.29 Å². The Kier molecular flexibility index (Phi) is 5.14. The Labute approximate surface area is 143 Å². The number of aromatic amines is 1. The van der Waals surface area contributed by atoms with E-state index in [4.69, 9.17) is 9.29 Å². The molecule has 2 aromatic heterocycles. The van der Waals surface area contributed by atoms with E-state index in [9.17, 15) is 9.00 Å². The van der Waals surface area contributed by atoms with E-state index in [2.05, 4.69) is 36.1 Å². The van der Waals surface area contributed by atoms with Crippen LogP contribution in [0.1, 0.15) is 52.6 Å². The number of nitrogens with zero attached hydrogens (tertiary/aromatic N) is 3. The van der Waals surface area contributed by atoms with E-state index >= 15 is 0 Å². The molecule has 9 heteroatoms. The van der Waals surface area contributed by atoms with Crippen molar-refractivity contribution in [1.82, 2.24) is 19.8 Å². The predicted octanol–water partition coefficient (Wildman–Crippen LogP) is 1.79. The molecule has 8 nitrogen and oxygen atoms in total. The summed E-state index contributed by atoms with van der Waals surface area (Å²) in [6.07, 6.45) is -0.0922. The Hall–Kier alpha value is -1.74. The minimum absolute atomic E-state index is 0.0471. The highest BCUT2D eigenvalue weighted by Gasteiger charge is 2.30. The maximum Gasteiger partial charge on any atom is 0.306 e. The number of rotatable bonds is 6. The molecule has 0 aromatic carbocycles. The number of hydrogen-bond acceptors (Lipinski definition) is 5. The summed E-state index contributed by atoms with van der Waals surface area (Å²) in [5, 5.41) is 11.7. The number of carbonyl (C=O) groups is 1. The first-order valence-corrected chi connectivity index (χ1v) is 8.96. The molecule has 0 radical (unpaired) electrons. The minimum atomic E-state index is -2.00. The normalized spacial score (nSPS) is 14.1. The second-order valence-electron chi connectivity index (χ2n) is 7.46. The predicted molar refractivity (Wildman–Crippen MR) is 90.3 cm³/mol. The van der Waals surface area contributed by atoms with Crippen LogP contribution in [0.5, 0.6) is 0 Å². The third kappa shape index (κ3) is 4.21. The summed E-state index contributed by atoms with van der Waals surface area (Å²) in [5.74, 6) is 0.0275. The average molecular weight is 356 g/mol. The average Bonchev–Trinajstić information content (AvgIpc) is 3.02. The van der Waals surface area contributed by atoms with Crippen LogP contribution in [-0.4, -0.2) is 46.9 Å². The van der Waals surface area contributed by atoms with Crippen molar-refractivity contribution < 1.29 is 18.3 Å². The Morgan fingerprint density at radius 2 is 2.00 bits per heavy atom. The Bertz CT molecular complexity index is 757. The molecule has 0 saturated heterocycles. The highest BCUT2D eigenvalue weighted by molar-refractivity contribution is 7.79. The number of H-pyrrole nitrogens is 1. The number of nitrogens with one attached hydrogen (secondary N) is 1. The van der Waals surface area contributed by atoms with Crippen molar-refractivity contribution in [3.8, 4) is 0 Å². The van der Waals surface area contributed by atoms with Crippen molar-refractivity contribution in [2.45, 2.75) is 51.9 Å². The molecule has 2 heterocycles. The lowest BCUT2D eigenvalue weighted by atomic mass is 9.93. The molecule has 0 saturated carbocycles. The fourth-order valence-corrected chi connectivity index (χ4v) is 2.51. The molecule has 1 atom stereocenters. The lowest BCUT2D eigenvalue weighted by molar-refractivity contribution is -0.144. The summed E-state index contributed by atoms with van der Waals surface area (Å²) >= 11 is -2.00. The van der Waals surface area contributed by atoms with Crippen LogP contribution in [0.2, 0.25) is 0 Å². The van der Waals surface area contributed by atoms with Gasteiger partial charge in [0, 0.05) is 17.2 Å². The zero-order chi connectivity index (χ0) is 18.1. The molecular weight excluding hydrogens is 332 g/mol. The maximum atomic E-state index is 11.6. The second-order valence-corrected chi connectivity index (χ2v) is 8.51. The van der Waals surface area contributed by atoms with E-state index in [0.717, 1.165) is 5.69 Å². The van der Waals surface area contributed by atoms with Gasteiger partial charge in [0.2, 0.25) is 0 Å². The number of aromatic nitrogens is 4. The lowest BCUT2D eigenvalue weighted by Crippen LogP contribution is -2.29. The fraction of sp³-hybridized carbons (Fsp3) is 0.667. The summed E-state index contributed by atoms with van der Waals surface area (Å²) in [4.78, 5) is 11.6. The van der Waals surface area contributed by atoms with Crippen molar-refractivity contribution in [1.29, 1.82) is 0 Å². The topological polar surface area (TPSA) is 110 Å². The van der Waals surface area contributed by atoms with E-state index < -0.39 is 22.5 Å². The Balaban J connectivity index is 2.14. The van der Waals surface area contributed by atoms with Crippen LogP contribution < -0.4 is 0 Å². The SMILES string of the molecule is CC(C)(C)c1cc2nnc(C(C)(C)COC(=O)CCS(=O)O)n2[nH]1. The van der Waals surface area contributed by atoms with Gasteiger partial charge in [-0.2, -0.15) is 0 Å². The number of ether oxygens (including phenoxy) is 1.